The Hall–Kier alpha value is -2.95. The summed E-state index contributed by atoms with van der Waals surface area (Å²) in [4.78, 5) is 22.7. The number of benzene rings is 1. The van der Waals surface area contributed by atoms with Gasteiger partial charge in [-0.3, -0.25) is 4.79 Å². The number of aromatic nitrogens is 2. The predicted octanol–water partition coefficient (Wildman–Crippen LogP) is 3.38. The molecule has 4 rings (SSSR count). The van der Waals surface area contributed by atoms with E-state index >= 15 is 0 Å². The molecule has 1 aromatic heterocycles. The molecular formula is C21H22F4N4O3. The molecule has 2 aliphatic heterocycles. The second kappa shape index (κ2) is 8.53. The Kier molecular flexibility index (Phi) is 5.93. The topological polar surface area (TPSA) is 78.8 Å². The molecule has 1 aromatic carbocycles. The van der Waals surface area contributed by atoms with E-state index in [4.69, 9.17) is 4.74 Å². The maximum absolute atomic E-state index is 13.4. The number of halogens is 4. The number of hydrogen-bond donors (Lipinski definition) is 1. The van der Waals surface area contributed by atoms with Gasteiger partial charge in [0.2, 0.25) is 17.7 Å². The summed E-state index contributed by atoms with van der Waals surface area (Å²) >= 11 is 0. The van der Waals surface area contributed by atoms with Crippen LogP contribution in [-0.4, -0.2) is 57.7 Å². The van der Waals surface area contributed by atoms with E-state index < -0.39 is 23.3 Å². The lowest BCUT2D eigenvalue weighted by atomic mass is 9.91. The van der Waals surface area contributed by atoms with Crippen LogP contribution in [-0.2, 0) is 11.0 Å². The fourth-order valence-corrected chi connectivity index (χ4v) is 3.91. The Morgan fingerprint density at radius 1 is 1.12 bits per heavy atom. The van der Waals surface area contributed by atoms with E-state index in [1.165, 1.54) is 23.1 Å². The summed E-state index contributed by atoms with van der Waals surface area (Å²) in [6, 6.07) is 5.65. The molecule has 1 amide bonds. The number of hydrogen-bond acceptors (Lipinski definition) is 6. The van der Waals surface area contributed by atoms with E-state index in [1.807, 2.05) is 0 Å². The third-order valence-corrected chi connectivity index (χ3v) is 5.63. The maximum Gasteiger partial charge on any atom is 0.433 e. The monoisotopic (exact) mass is 454 g/mol. The Bertz CT molecular complexity index is 993. The van der Waals surface area contributed by atoms with Crippen LogP contribution in [0.2, 0.25) is 0 Å². The van der Waals surface area contributed by atoms with Gasteiger partial charge in [0.25, 0.3) is 0 Å². The minimum absolute atomic E-state index is 0.00112. The van der Waals surface area contributed by atoms with Crippen LogP contribution in [0, 0.1) is 5.82 Å². The molecule has 0 saturated carbocycles. The van der Waals surface area contributed by atoms with Gasteiger partial charge < -0.3 is 19.6 Å². The van der Waals surface area contributed by atoms with Gasteiger partial charge in [-0.05, 0) is 31.4 Å². The Labute approximate surface area is 181 Å². The zero-order valence-electron chi connectivity index (χ0n) is 17.1. The number of alkyl halides is 3. The quantitative estimate of drug-likeness (QED) is 0.698. The third kappa shape index (κ3) is 5.09. The van der Waals surface area contributed by atoms with Crippen LogP contribution in [0.4, 0.5) is 23.5 Å². The van der Waals surface area contributed by atoms with E-state index in [9.17, 15) is 27.5 Å². The Balaban J connectivity index is 1.52. The molecule has 2 aromatic rings. The molecule has 2 saturated heterocycles. The molecule has 0 atom stereocenters. The number of piperidine rings is 1. The van der Waals surface area contributed by atoms with Crippen molar-refractivity contribution in [3.05, 3.63) is 41.8 Å². The molecule has 32 heavy (non-hydrogen) atoms. The van der Waals surface area contributed by atoms with Crippen LogP contribution in [0.15, 0.2) is 30.3 Å². The first-order valence-electron chi connectivity index (χ1n) is 10.3. The zero-order valence-corrected chi connectivity index (χ0v) is 17.1. The van der Waals surface area contributed by atoms with Crippen molar-refractivity contribution in [3.63, 3.8) is 0 Å². The summed E-state index contributed by atoms with van der Waals surface area (Å²) < 4.78 is 59.0. The lowest BCUT2D eigenvalue weighted by Crippen LogP contribution is -2.51. The number of nitrogens with zero attached hydrogens (tertiary/aromatic N) is 4. The summed E-state index contributed by atoms with van der Waals surface area (Å²) in [6.45, 7) is 1.22. The minimum Gasteiger partial charge on any atom is -0.439 e. The second-order valence-corrected chi connectivity index (χ2v) is 8.08. The molecule has 0 bridgehead atoms. The number of anilines is 1. The van der Waals surface area contributed by atoms with E-state index in [-0.39, 0.29) is 56.0 Å². The van der Waals surface area contributed by atoms with Crippen LogP contribution < -0.4 is 9.64 Å². The number of amides is 1. The van der Waals surface area contributed by atoms with Crippen LogP contribution in [0.5, 0.6) is 11.6 Å². The molecule has 11 heteroatoms. The highest BCUT2D eigenvalue weighted by Gasteiger charge is 2.39. The molecule has 7 nitrogen and oxygen atoms in total. The van der Waals surface area contributed by atoms with Crippen molar-refractivity contribution in [3.8, 4) is 11.6 Å². The van der Waals surface area contributed by atoms with E-state index in [1.54, 1.807) is 4.90 Å². The average Bonchev–Trinajstić information content (AvgIpc) is 3.11. The van der Waals surface area contributed by atoms with Crippen molar-refractivity contribution < 1.29 is 32.2 Å². The molecule has 0 aliphatic carbocycles. The third-order valence-electron chi connectivity index (χ3n) is 5.63. The van der Waals surface area contributed by atoms with E-state index in [0.29, 0.717) is 19.0 Å². The zero-order chi connectivity index (χ0) is 22.9. The van der Waals surface area contributed by atoms with Gasteiger partial charge >= 0.3 is 6.18 Å². The fraction of sp³-hybridized carbons (Fsp3) is 0.476. The van der Waals surface area contributed by atoms with Crippen molar-refractivity contribution in [2.75, 3.05) is 31.1 Å². The molecule has 3 heterocycles. The number of likely N-dealkylation sites (tertiary alicyclic amines) is 1. The van der Waals surface area contributed by atoms with Crippen molar-refractivity contribution in [2.24, 2.45) is 0 Å². The molecule has 0 spiro atoms. The highest BCUT2D eigenvalue weighted by molar-refractivity contribution is 5.78. The number of ether oxygens (including phenoxy) is 1. The number of aliphatic hydroxyl groups is 1. The van der Waals surface area contributed by atoms with Gasteiger partial charge in [0.15, 0.2) is 5.69 Å². The molecule has 2 fully saturated rings. The fourth-order valence-electron chi connectivity index (χ4n) is 3.91. The average molecular weight is 454 g/mol. The van der Waals surface area contributed by atoms with Gasteiger partial charge in [-0.1, -0.05) is 6.07 Å². The summed E-state index contributed by atoms with van der Waals surface area (Å²) in [5.41, 5.74) is -2.30. The van der Waals surface area contributed by atoms with Crippen molar-refractivity contribution in [2.45, 2.75) is 37.5 Å². The molecule has 1 N–H and O–H groups in total. The molecule has 0 unspecified atom stereocenters. The smallest absolute Gasteiger partial charge is 0.433 e. The highest BCUT2D eigenvalue weighted by atomic mass is 19.4. The van der Waals surface area contributed by atoms with Crippen molar-refractivity contribution in [1.82, 2.24) is 14.9 Å². The second-order valence-electron chi connectivity index (χ2n) is 8.08. The summed E-state index contributed by atoms with van der Waals surface area (Å²) in [5.74, 6) is -1.14. The van der Waals surface area contributed by atoms with Gasteiger partial charge in [0.05, 0.1) is 5.60 Å². The van der Waals surface area contributed by atoms with Gasteiger partial charge in [0.1, 0.15) is 11.6 Å². The highest BCUT2D eigenvalue weighted by Crippen LogP contribution is 2.34. The first-order valence-corrected chi connectivity index (χ1v) is 10.3. The largest absolute Gasteiger partial charge is 0.439 e. The normalized spacial score (nSPS) is 18.8. The summed E-state index contributed by atoms with van der Waals surface area (Å²) in [5, 5.41) is 10.9. The molecular weight excluding hydrogens is 432 g/mol. The van der Waals surface area contributed by atoms with Gasteiger partial charge in [-0.15, -0.1) is 0 Å². The van der Waals surface area contributed by atoms with Gasteiger partial charge in [-0.25, -0.2) is 9.37 Å². The van der Waals surface area contributed by atoms with Gasteiger partial charge in [-0.2, -0.15) is 18.2 Å². The van der Waals surface area contributed by atoms with Crippen molar-refractivity contribution >= 4 is 11.9 Å². The van der Waals surface area contributed by atoms with Crippen LogP contribution in [0.3, 0.4) is 0 Å². The van der Waals surface area contributed by atoms with E-state index in [2.05, 4.69) is 9.97 Å². The summed E-state index contributed by atoms with van der Waals surface area (Å²) in [7, 11) is 0. The lowest BCUT2D eigenvalue weighted by Gasteiger charge is -2.40. The van der Waals surface area contributed by atoms with Crippen molar-refractivity contribution in [1.29, 1.82) is 0 Å². The number of carbonyl (C=O) groups excluding carboxylic acids is 1. The Morgan fingerprint density at radius 2 is 1.88 bits per heavy atom. The predicted molar refractivity (Wildman–Crippen MR) is 106 cm³/mol. The lowest BCUT2D eigenvalue weighted by molar-refractivity contribution is -0.141. The Morgan fingerprint density at radius 3 is 2.50 bits per heavy atom. The first kappa shape index (κ1) is 22.3. The van der Waals surface area contributed by atoms with Gasteiger partial charge in [0, 0.05) is 44.7 Å². The number of rotatable bonds is 5. The SMILES string of the molecule is O=C1CCCN1CC1(O)CCN(c2nc(Oc3cccc(F)c3)cc(C(F)(F)F)n2)CC1. The maximum atomic E-state index is 13.4. The molecule has 0 radical (unpaired) electrons. The first-order chi connectivity index (χ1) is 15.1. The van der Waals surface area contributed by atoms with E-state index in [0.717, 1.165) is 12.5 Å². The molecule has 2 aliphatic rings. The number of β-amino-alcohol motifs (C(OH)–C–C–N with tert-alkyl or cyclic N) is 1. The minimum atomic E-state index is -4.73. The van der Waals surface area contributed by atoms with Crippen LogP contribution in [0.25, 0.3) is 0 Å². The van der Waals surface area contributed by atoms with Crippen LogP contribution in [0.1, 0.15) is 31.4 Å². The summed E-state index contributed by atoms with van der Waals surface area (Å²) in [6.07, 6.45) is -3.01. The van der Waals surface area contributed by atoms with Crippen LogP contribution >= 0.6 is 0 Å². The number of carbonyl (C=O) groups is 1. The standard InChI is InChI=1S/C21H22F4N4O3/c22-14-3-1-4-15(11-14)32-17-12-16(21(23,24)25)26-19(27-17)28-9-6-20(31,7-10-28)13-29-8-2-5-18(29)30/h1,3-4,11-12,31H,2,5-10,13H2. The molecule has 172 valence electrons.